The second kappa shape index (κ2) is 5.00. The molecule has 1 fully saturated rings. The van der Waals surface area contributed by atoms with Gasteiger partial charge in [-0.1, -0.05) is 30.3 Å². The number of benzene rings is 2. The molecule has 0 aromatic heterocycles. The van der Waals surface area contributed by atoms with Gasteiger partial charge in [-0.25, -0.2) is 0 Å². The molecule has 0 aliphatic heterocycles. The number of amides is 1. The van der Waals surface area contributed by atoms with E-state index in [1.54, 1.807) is 31.4 Å². The van der Waals surface area contributed by atoms with Gasteiger partial charge in [0.15, 0.2) is 0 Å². The summed E-state index contributed by atoms with van der Waals surface area (Å²) in [5, 5.41) is 3.16. The number of nitrogens with one attached hydrogen (secondary N) is 1. The second-order valence-electron chi connectivity index (χ2n) is 5.13. The molecule has 0 bridgehead atoms. The molecular weight excluding hydrogens is 250 g/mol. The van der Waals surface area contributed by atoms with E-state index in [-0.39, 0.29) is 11.4 Å². The third-order valence-corrected chi connectivity index (χ3v) is 3.78. The summed E-state index contributed by atoms with van der Waals surface area (Å²) in [7, 11) is 1.61. The lowest BCUT2D eigenvalue weighted by molar-refractivity contribution is 0.0931. The molecule has 20 heavy (non-hydrogen) atoms. The van der Waals surface area contributed by atoms with Crippen LogP contribution in [0.2, 0.25) is 0 Å². The fourth-order valence-corrected chi connectivity index (χ4v) is 2.40. The molecule has 1 N–H and O–H groups in total. The summed E-state index contributed by atoms with van der Waals surface area (Å²) in [5.41, 5.74) is 1.67. The molecule has 0 radical (unpaired) electrons. The Morgan fingerprint density at radius 2 is 1.70 bits per heavy atom. The van der Waals surface area contributed by atoms with Crippen LogP contribution in [0.1, 0.15) is 28.8 Å². The van der Waals surface area contributed by atoms with Crippen LogP contribution >= 0.6 is 0 Å². The van der Waals surface area contributed by atoms with Gasteiger partial charge in [0, 0.05) is 5.56 Å². The van der Waals surface area contributed by atoms with Crippen molar-refractivity contribution in [1.29, 1.82) is 0 Å². The Hall–Kier alpha value is -2.29. The zero-order valence-corrected chi connectivity index (χ0v) is 11.4. The molecule has 3 nitrogen and oxygen atoms in total. The minimum absolute atomic E-state index is 0.0333. The van der Waals surface area contributed by atoms with Crippen LogP contribution < -0.4 is 10.1 Å². The molecule has 2 aromatic carbocycles. The third kappa shape index (κ3) is 2.39. The Morgan fingerprint density at radius 1 is 1.05 bits per heavy atom. The van der Waals surface area contributed by atoms with Crippen LogP contribution in [0, 0.1) is 0 Å². The number of carbonyl (C=O) groups is 1. The number of hydrogen-bond donors (Lipinski definition) is 1. The molecule has 1 amide bonds. The number of rotatable bonds is 4. The molecule has 3 heteroatoms. The van der Waals surface area contributed by atoms with Crippen molar-refractivity contribution in [3.8, 4) is 5.75 Å². The molecule has 2 aromatic rings. The van der Waals surface area contributed by atoms with Crippen LogP contribution in [0.15, 0.2) is 54.6 Å². The normalized spacial score (nSPS) is 15.4. The fraction of sp³-hybridized carbons (Fsp3) is 0.235. The first-order chi connectivity index (χ1) is 9.73. The summed E-state index contributed by atoms with van der Waals surface area (Å²) < 4.78 is 5.10. The predicted molar refractivity (Wildman–Crippen MR) is 77.8 cm³/mol. The van der Waals surface area contributed by atoms with Gasteiger partial charge in [-0.2, -0.15) is 0 Å². The van der Waals surface area contributed by atoms with Gasteiger partial charge >= 0.3 is 0 Å². The summed E-state index contributed by atoms with van der Waals surface area (Å²) in [5.74, 6) is 0.722. The monoisotopic (exact) mass is 267 g/mol. The van der Waals surface area contributed by atoms with Gasteiger partial charge in [0.05, 0.1) is 12.6 Å². The van der Waals surface area contributed by atoms with Crippen LogP contribution in [0.4, 0.5) is 0 Å². The molecule has 0 saturated heterocycles. The van der Waals surface area contributed by atoms with Crippen LogP contribution in [-0.4, -0.2) is 13.0 Å². The van der Waals surface area contributed by atoms with Gasteiger partial charge in [0.1, 0.15) is 5.75 Å². The molecule has 1 aliphatic carbocycles. The topological polar surface area (TPSA) is 38.3 Å². The SMILES string of the molecule is COc1ccc(C(=O)NC2(c3ccccc3)CC2)cc1. The number of methoxy groups -OCH3 is 1. The third-order valence-electron chi connectivity index (χ3n) is 3.78. The van der Waals surface area contributed by atoms with Crippen molar-refractivity contribution in [2.24, 2.45) is 0 Å². The lowest BCUT2D eigenvalue weighted by atomic mass is 10.0. The molecule has 1 aliphatic rings. The summed E-state index contributed by atoms with van der Waals surface area (Å²) in [4.78, 5) is 12.3. The summed E-state index contributed by atoms with van der Waals surface area (Å²) in [6.45, 7) is 0. The van der Waals surface area contributed by atoms with Gasteiger partial charge in [0.2, 0.25) is 0 Å². The van der Waals surface area contributed by atoms with E-state index in [0.29, 0.717) is 5.56 Å². The first-order valence-electron chi connectivity index (χ1n) is 6.76. The van der Waals surface area contributed by atoms with Crippen molar-refractivity contribution in [3.05, 3.63) is 65.7 Å². The number of ether oxygens (including phenoxy) is 1. The average Bonchev–Trinajstić information content (AvgIpc) is 3.29. The maximum absolute atomic E-state index is 12.3. The Balaban J connectivity index is 1.76. The summed E-state index contributed by atoms with van der Waals surface area (Å²) in [6, 6.07) is 17.3. The van der Waals surface area contributed by atoms with Gasteiger partial charge in [-0.15, -0.1) is 0 Å². The summed E-state index contributed by atoms with van der Waals surface area (Å²) in [6.07, 6.45) is 2.00. The van der Waals surface area contributed by atoms with E-state index in [2.05, 4.69) is 17.4 Å². The molecule has 1 saturated carbocycles. The minimum atomic E-state index is -0.168. The van der Waals surface area contributed by atoms with E-state index in [1.807, 2.05) is 18.2 Å². The minimum Gasteiger partial charge on any atom is -0.497 e. The van der Waals surface area contributed by atoms with Crippen LogP contribution in [0.25, 0.3) is 0 Å². The number of carbonyl (C=O) groups excluding carboxylic acids is 1. The van der Waals surface area contributed by atoms with Crippen molar-refractivity contribution in [1.82, 2.24) is 5.32 Å². The number of hydrogen-bond acceptors (Lipinski definition) is 2. The molecule has 0 atom stereocenters. The largest absolute Gasteiger partial charge is 0.497 e. The van der Waals surface area contributed by atoms with E-state index in [0.717, 1.165) is 18.6 Å². The fourth-order valence-electron chi connectivity index (χ4n) is 2.40. The molecule has 102 valence electrons. The molecule has 0 heterocycles. The highest BCUT2D eigenvalue weighted by Gasteiger charge is 2.45. The quantitative estimate of drug-likeness (QED) is 0.924. The Labute approximate surface area is 118 Å². The standard InChI is InChI=1S/C17H17NO2/c1-20-15-9-7-13(8-10-15)16(19)18-17(11-12-17)14-5-3-2-4-6-14/h2-10H,11-12H2,1H3,(H,18,19). The van der Waals surface area contributed by atoms with E-state index in [9.17, 15) is 4.79 Å². The highest BCUT2D eigenvalue weighted by molar-refractivity contribution is 5.95. The zero-order chi connectivity index (χ0) is 14.0. The second-order valence-corrected chi connectivity index (χ2v) is 5.13. The average molecular weight is 267 g/mol. The smallest absolute Gasteiger partial charge is 0.251 e. The molecular formula is C17H17NO2. The lowest BCUT2D eigenvalue weighted by Gasteiger charge is -2.18. The van der Waals surface area contributed by atoms with Crippen molar-refractivity contribution in [3.63, 3.8) is 0 Å². The first kappa shape index (κ1) is 12.7. The molecule has 0 unspecified atom stereocenters. The zero-order valence-electron chi connectivity index (χ0n) is 11.4. The van der Waals surface area contributed by atoms with Crippen LogP contribution in [0.3, 0.4) is 0 Å². The maximum atomic E-state index is 12.3. The summed E-state index contributed by atoms with van der Waals surface area (Å²) >= 11 is 0. The van der Waals surface area contributed by atoms with E-state index in [4.69, 9.17) is 4.74 Å². The Bertz CT molecular complexity index is 601. The van der Waals surface area contributed by atoms with Gasteiger partial charge in [0.25, 0.3) is 5.91 Å². The van der Waals surface area contributed by atoms with Crippen molar-refractivity contribution in [2.45, 2.75) is 18.4 Å². The lowest BCUT2D eigenvalue weighted by Crippen LogP contribution is -2.34. The van der Waals surface area contributed by atoms with E-state index < -0.39 is 0 Å². The first-order valence-corrected chi connectivity index (χ1v) is 6.76. The van der Waals surface area contributed by atoms with Crippen LogP contribution in [-0.2, 0) is 5.54 Å². The van der Waals surface area contributed by atoms with Gasteiger partial charge in [-0.3, -0.25) is 4.79 Å². The van der Waals surface area contributed by atoms with Crippen LogP contribution in [0.5, 0.6) is 5.75 Å². The highest BCUT2D eigenvalue weighted by Crippen LogP contribution is 2.45. The molecule has 0 spiro atoms. The molecule has 3 rings (SSSR count). The van der Waals surface area contributed by atoms with Gasteiger partial charge in [-0.05, 0) is 42.7 Å². The van der Waals surface area contributed by atoms with Crippen molar-refractivity contribution >= 4 is 5.91 Å². The van der Waals surface area contributed by atoms with E-state index in [1.165, 1.54) is 5.56 Å². The van der Waals surface area contributed by atoms with Crippen molar-refractivity contribution < 1.29 is 9.53 Å². The predicted octanol–water partition coefficient (Wildman–Crippen LogP) is 3.11. The van der Waals surface area contributed by atoms with E-state index >= 15 is 0 Å². The maximum Gasteiger partial charge on any atom is 0.251 e. The van der Waals surface area contributed by atoms with Crippen molar-refractivity contribution in [2.75, 3.05) is 7.11 Å². The Morgan fingerprint density at radius 3 is 2.25 bits per heavy atom. The Kier molecular flexibility index (Phi) is 3.18. The van der Waals surface area contributed by atoms with Gasteiger partial charge < -0.3 is 10.1 Å². The highest BCUT2D eigenvalue weighted by atomic mass is 16.5.